The molecule has 1 aliphatic carbocycles. The van der Waals surface area contributed by atoms with E-state index in [-0.39, 0.29) is 24.5 Å². The fourth-order valence-corrected chi connectivity index (χ4v) is 3.12. The number of hydrogen-bond donors (Lipinski definition) is 2. The summed E-state index contributed by atoms with van der Waals surface area (Å²) in [6.45, 7) is 0.124. The number of carbonyl (C=O) groups excluding carboxylic acids is 1. The zero-order chi connectivity index (χ0) is 13.1. The zero-order valence-electron chi connectivity index (χ0n) is 9.83. The van der Waals surface area contributed by atoms with Gasteiger partial charge in [0.15, 0.2) is 0 Å². The SMILES string of the molecule is O=C(NC1CCCC1CO)c1ccc(Br)cc1Cl. The first kappa shape index (κ1) is 13.8. The average molecular weight is 333 g/mol. The smallest absolute Gasteiger partial charge is 0.253 e. The molecule has 1 saturated carbocycles. The third-order valence-electron chi connectivity index (χ3n) is 3.39. The maximum absolute atomic E-state index is 12.1. The van der Waals surface area contributed by atoms with Crippen LogP contribution in [0.3, 0.4) is 0 Å². The van der Waals surface area contributed by atoms with Crippen LogP contribution in [0.25, 0.3) is 0 Å². The number of benzene rings is 1. The Labute approximate surface area is 120 Å². The number of aliphatic hydroxyl groups excluding tert-OH is 1. The van der Waals surface area contributed by atoms with Gasteiger partial charge in [0.25, 0.3) is 5.91 Å². The molecule has 2 rings (SSSR count). The van der Waals surface area contributed by atoms with E-state index in [9.17, 15) is 9.90 Å². The summed E-state index contributed by atoms with van der Waals surface area (Å²) >= 11 is 9.35. The summed E-state index contributed by atoms with van der Waals surface area (Å²) < 4.78 is 0.846. The summed E-state index contributed by atoms with van der Waals surface area (Å²) in [4.78, 5) is 12.1. The van der Waals surface area contributed by atoms with Crippen LogP contribution in [0.1, 0.15) is 29.6 Å². The largest absolute Gasteiger partial charge is 0.396 e. The van der Waals surface area contributed by atoms with Crippen LogP contribution in [-0.2, 0) is 0 Å². The van der Waals surface area contributed by atoms with Gasteiger partial charge in [-0.15, -0.1) is 0 Å². The lowest BCUT2D eigenvalue weighted by Crippen LogP contribution is -2.38. The third-order valence-corrected chi connectivity index (χ3v) is 4.19. The van der Waals surface area contributed by atoms with Gasteiger partial charge in [0.1, 0.15) is 0 Å². The van der Waals surface area contributed by atoms with Crippen LogP contribution < -0.4 is 5.32 Å². The monoisotopic (exact) mass is 331 g/mol. The predicted octanol–water partition coefficient (Wildman–Crippen LogP) is 2.99. The highest BCUT2D eigenvalue weighted by Crippen LogP contribution is 2.26. The molecule has 0 radical (unpaired) electrons. The lowest BCUT2D eigenvalue weighted by Gasteiger charge is -2.19. The molecule has 5 heteroatoms. The van der Waals surface area contributed by atoms with Crippen LogP contribution >= 0.6 is 27.5 Å². The summed E-state index contributed by atoms with van der Waals surface area (Å²) in [5.74, 6) is 0.000948. The van der Waals surface area contributed by atoms with Crippen LogP contribution in [0.2, 0.25) is 5.02 Å². The minimum absolute atomic E-state index is 0.0576. The molecule has 2 unspecified atom stereocenters. The van der Waals surface area contributed by atoms with Gasteiger partial charge in [-0.3, -0.25) is 4.79 Å². The first-order valence-electron chi connectivity index (χ1n) is 5.98. The topological polar surface area (TPSA) is 49.3 Å². The molecule has 0 aliphatic heterocycles. The number of amides is 1. The molecule has 1 amide bonds. The van der Waals surface area contributed by atoms with Crippen molar-refractivity contribution < 1.29 is 9.90 Å². The predicted molar refractivity (Wildman–Crippen MR) is 74.8 cm³/mol. The van der Waals surface area contributed by atoms with Crippen molar-refractivity contribution in [1.29, 1.82) is 0 Å². The first-order valence-corrected chi connectivity index (χ1v) is 7.15. The highest BCUT2D eigenvalue weighted by molar-refractivity contribution is 9.10. The summed E-state index contributed by atoms with van der Waals surface area (Å²) in [6, 6.07) is 5.25. The van der Waals surface area contributed by atoms with Gasteiger partial charge in [0.05, 0.1) is 10.6 Å². The van der Waals surface area contributed by atoms with E-state index in [1.54, 1.807) is 18.2 Å². The van der Waals surface area contributed by atoms with Crippen LogP contribution in [-0.4, -0.2) is 23.7 Å². The number of aliphatic hydroxyl groups is 1. The third kappa shape index (κ3) is 3.05. The minimum atomic E-state index is -0.169. The Bertz CT molecular complexity index is 453. The fraction of sp³-hybridized carbons (Fsp3) is 0.462. The van der Waals surface area contributed by atoms with E-state index in [2.05, 4.69) is 21.2 Å². The molecule has 0 heterocycles. The lowest BCUT2D eigenvalue weighted by molar-refractivity contribution is 0.0916. The van der Waals surface area contributed by atoms with Crippen LogP contribution in [0.4, 0.5) is 0 Å². The zero-order valence-corrected chi connectivity index (χ0v) is 12.2. The Morgan fingerprint density at radius 1 is 1.50 bits per heavy atom. The van der Waals surface area contributed by atoms with E-state index < -0.39 is 0 Å². The second-order valence-electron chi connectivity index (χ2n) is 4.58. The van der Waals surface area contributed by atoms with Crippen molar-refractivity contribution in [3.8, 4) is 0 Å². The highest BCUT2D eigenvalue weighted by atomic mass is 79.9. The van der Waals surface area contributed by atoms with Crippen molar-refractivity contribution in [2.45, 2.75) is 25.3 Å². The summed E-state index contributed by atoms with van der Waals surface area (Å²) in [5.41, 5.74) is 0.475. The Balaban J connectivity index is 2.07. The summed E-state index contributed by atoms with van der Waals surface area (Å²) in [7, 11) is 0. The maximum Gasteiger partial charge on any atom is 0.253 e. The van der Waals surface area contributed by atoms with Crippen molar-refractivity contribution in [2.75, 3.05) is 6.61 Å². The molecule has 1 aromatic rings. The van der Waals surface area contributed by atoms with Crippen molar-refractivity contribution in [1.82, 2.24) is 5.32 Å². The van der Waals surface area contributed by atoms with Gasteiger partial charge in [-0.05, 0) is 31.0 Å². The van der Waals surface area contributed by atoms with Gasteiger partial charge in [-0.1, -0.05) is 34.0 Å². The molecule has 2 N–H and O–H groups in total. The quantitative estimate of drug-likeness (QED) is 0.894. The van der Waals surface area contributed by atoms with E-state index in [1.165, 1.54) is 0 Å². The van der Waals surface area contributed by atoms with Gasteiger partial charge in [0.2, 0.25) is 0 Å². The fourth-order valence-electron chi connectivity index (χ4n) is 2.37. The van der Waals surface area contributed by atoms with Crippen LogP contribution in [0.5, 0.6) is 0 Å². The van der Waals surface area contributed by atoms with Gasteiger partial charge < -0.3 is 10.4 Å². The molecule has 0 spiro atoms. The van der Waals surface area contributed by atoms with E-state index in [0.29, 0.717) is 10.6 Å². The molecular formula is C13H15BrClNO2. The highest BCUT2D eigenvalue weighted by Gasteiger charge is 2.28. The van der Waals surface area contributed by atoms with Gasteiger partial charge in [-0.2, -0.15) is 0 Å². The average Bonchev–Trinajstić information content (AvgIpc) is 2.76. The molecule has 1 fully saturated rings. The number of rotatable bonds is 3. The van der Waals surface area contributed by atoms with Crippen LogP contribution in [0, 0.1) is 5.92 Å². The number of halogens is 2. The number of nitrogens with one attached hydrogen (secondary N) is 1. The van der Waals surface area contributed by atoms with E-state index in [4.69, 9.17) is 11.6 Å². The molecule has 0 aromatic heterocycles. The molecule has 98 valence electrons. The summed E-state index contributed by atoms with van der Waals surface area (Å²) in [6.07, 6.45) is 2.94. The minimum Gasteiger partial charge on any atom is -0.396 e. The molecule has 1 aromatic carbocycles. The van der Waals surface area contributed by atoms with Crippen molar-refractivity contribution >= 4 is 33.4 Å². The van der Waals surface area contributed by atoms with E-state index in [0.717, 1.165) is 23.7 Å². The number of hydrogen-bond acceptors (Lipinski definition) is 2. The molecule has 1 aliphatic rings. The molecule has 18 heavy (non-hydrogen) atoms. The normalized spacial score (nSPS) is 23.1. The summed E-state index contributed by atoms with van der Waals surface area (Å²) in [5, 5.41) is 12.6. The molecule has 3 nitrogen and oxygen atoms in total. The second kappa shape index (κ2) is 6.04. The van der Waals surface area contributed by atoms with E-state index in [1.807, 2.05) is 0 Å². The molecular weight excluding hydrogens is 318 g/mol. The van der Waals surface area contributed by atoms with Gasteiger partial charge in [-0.25, -0.2) is 0 Å². The second-order valence-corrected chi connectivity index (χ2v) is 5.90. The van der Waals surface area contributed by atoms with Crippen molar-refractivity contribution in [3.63, 3.8) is 0 Å². The molecule has 0 bridgehead atoms. The Morgan fingerprint density at radius 3 is 2.94 bits per heavy atom. The maximum atomic E-state index is 12.1. The van der Waals surface area contributed by atoms with E-state index >= 15 is 0 Å². The van der Waals surface area contributed by atoms with Crippen molar-refractivity contribution in [3.05, 3.63) is 33.3 Å². The van der Waals surface area contributed by atoms with Gasteiger partial charge in [0, 0.05) is 23.0 Å². The first-order chi connectivity index (χ1) is 8.61. The Kier molecular flexibility index (Phi) is 4.65. The van der Waals surface area contributed by atoms with Crippen molar-refractivity contribution in [2.24, 2.45) is 5.92 Å². The molecule has 2 atom stereocenters. The van der Waals surface area contributed by atoms with Crippen LogP contribution in [0.15, 0.2) is 22.7 Å². The standard InChI is InChI=1S/C13H15BrClNO2/c14-9-4-5-10(11(15)6-9)13(18)16-12-3-1-2-8(12)7-17/h4-6,8,12,17H,1-3,7H2,(H,16,18). The molecule has 0 saturated heterocycles. The number of carbonyl (C=O) groups is 1. The lowest BCUT2D eigenvalue weighted by atomic mass is 10.0. The Morgan fingerprint density at radius 2 is 2.28 bits per heavy atom. The Hall–Kier alpha value is -0.580. The van der Waals surface area contributed by atoms with Gasteiger partial charge >= 0.3 is 0 Å².